The molecule has 0 amide bonds. The maximum atomic E-state index is 4.44. The van der Waals surface area contributed by atoms with Gasteiger partial charge in [-0.3, -0.25) is 0 Å². The predicted molar refractivity (Wildman–Crippen MR) is 91.3 cm³/mol. The van der Waals surface area contributed by atoms with Gasteiger partial charge in [0.1, 0.15) is 0 Å². The number of pyridine rings is 1. The van der Waals surface area contributed by atoms with E-state index in [-0.39, 0.29) is 6.04 Å². The molecule has 1 atom stereocenters. The van der Waals surface area contributed by atoms with Crippen molar-refractivity contribution in [1.29, 1.82) is 0 Å². The Morgan fingerprint density at radius 1 is 1.05 bits per heavy atom. The van der Waals surface area contributed by atoms with Crippen LogP contribution in [-0.2, 0) is 0 Å². The molecule has 0 saturated carbocycles. The molecule has 21 heavy (non-hydrogen) atoms. The van der Waals surface area contributed by atoms with Crippen LogP contribution in [0.3, 0.4) is 0 Å². The van der Waals surface area contributed by atoms with E-state index >= 15 is 0 Å². The van der Waals surface area contributed by atoms with E-state index in [0.29, 0.717) is 0 Å². The topological polar surface area (TPSA) is 28.2 Å². The third-order valence-electron chi connectivity index (χ3n) is 3.93. The van der Waals surface area contributed by atoms with Gasteiger partial charge in [0.25, 0.3) is 0 Å². The van der Waals surface area contributed by atoms with E-state index in [0.717, 1.165) is 11.5 Å². The lowest BCUT2D eigenvalue weighted by atomic mass is 9.96. The van der Waals surface area contributed by atoms with Gasteiger partial charge in [0.15, 0.2) is 5.82 Å². The molecular weight excluding hydrogens is 258 g/mol. The van der Waals surface area contributed by atoms with Crippen molar-refractivity contribution in [1.82, 2.24) is 4.98 Å². The summed E-state index contributed by atoms with van der Waals surface area (Å²) in [5, 5.41) is 3.59. The van der Waals surface area contributed by atoms with Crippen LogP contribution in [0.2, 0.25) is 0 Å². The Balaban J connectivity index is 2.30. The Labute approximate surface area is 128 Å². The Hall–Kier alpha value is -2.03. The highest BCUT2D eigenvalue weighted by molar-refractivity contribution is 5.65. The normalized spacial score (nSPS) is 12.1. The fourth-order valence-electron chi connectivity index (χ4n) is 2.63. The average Bonchev–Trinajstić information content (AvgIpc) is 2.43. The number of hydrogen-bond acceptors (Lipinski definition) is 3. The molecule has 2 rings (SSSR count). The minimum absolute atomic E-state index is 0.243. The maximum Gasteiger partial charge on any atom is 0.151 e. The highest BCUT2D eigenvalue weighted by Crippen LogP contribution is 2.28. The molecule has 0 saturated heterocycles. The van der Waals surface area contributed by atoms with Gasteiger partial charge in [0.2, 0.25) is 0 Å². The highest BCUT2D eigenvalue weighted by atomic mass is 15.2. The monoisotopic (exact) mass is 283 g/mol. The fraction of sp³-hybridized carbons (Fsp3) is 0.389. The molecule has 1 N–H and O–H groups in total. The van der Waals surface area contributed by atoms with Crippen molar-refractivity contribution in [2.45, 2.75) is 33.7 Å². The van der Waals surface area contributed by atoms with Crippen molar-refractivity contribution in [2.24, 2.45) is 0 Å². The molecule has 1 aromatic carbocycles. The quantitative estimate of drug-likeness (QED) is 0.909. The number of aryl methyl sites for hydroxylation is 3. The first kappa shape index (κ1) is 15.4. The highest BCUT2D eigenvalue weighted by Gasteiger charge is 2.13. The van der Waals surface area contributed by atoms with Crippen LogP contribution in [0, 0.1) is 20.8 Å². The van der Waals surface area contributed by atoms with Gasteiger partial charge in [-0.05, 0) is 62.1 Å². The van der Waals surface area contributed by atoms with E-state index in [1.54, 1.807) is 0 Å². The Morgan fingerprint density at radius 2 is 1.71 bits per heavy atom. The van der Waals surface area contributed by atoms with Crippen molar-refractivity contribution in [3.05, 3.63) is 52.7 Å². The number of anilines is 2. The zero-order valence-electron chi connectivity index (χ0n) is 13.9. The number of aromatic nitrogens is 1. The zero-order valence-corrected chi connectivity index (χ0v) is 13.9. The average molecular weight is 283 g/mol. The van der Waals surface area contributed by atoms with E-state index in [4.69, 9.17) is 0 Å². The second kappa shape index (κ2) is 6.17. The third kappa shape index (κ3) is 3.35. The minimum Gasteiger partial charge on any atom is -0.376 e. The first-order valence-electron chi connectivity index (χ1n) is 7.36. The molecule has 0 aliphatic rings. The molecule has 0 bridgehead atoms. The summed E-state index contributed by atoms with van der Waals surface area (Å²) in [6, 6.07) is 8.84. The second-order valence-corrected chi connectivity index (χ2v) is 5.93. The molecule has 3 nitrogen and oxygen atoms in total. The van der Waals surface area contributed by atoms with Crippen LogP contribution in [0.5, 0.6) is 0 Å². The van der Waals surface area contributed by atoms with Crippen LogP contribution in [0.15, 0.2) is 30.5 Å². The van der Waals surface area contributed by atoms with E-state index in [1.807, 2.05) is 31.3 Å². The van der Waals surface area contributed by atoms with E-state index < -0.39 is 0 Å². The largest absolute Gasteiger partial charge is 0.376 e. The van der Waals surface area contributed by atoms with E-state index in [2.05, 4.69) is 56.2 Å². The van der Waals surface area contributed by atoms with Crippen molar-refractivity contribution in [3.63, 3.8) is 0 Å². The molecule has 2 aromatic rings. The summed E-state index contributed by atoms with van der Waals surface area (Å²) < 4.78 is 0. The van der Waals surface area contributed by atoms with Crippen LogP contribution in [0.25, 0.3) is 0 Å². The van der Waals surface area contributed by atoms with Crippen molar-refractivity contribution in [3.8, 4) is 0 Å². The van der Waals surface area contributed by atoms with Gasteiger partial charge < -0.3 is 10.2 Å². The number of rotatable bonds is 4. The smallest absolute Gasteiger partial charge is 0.151 e. The maximum absolute atomic E-state index is 4.44. The second-order valence-electron chi connectivity index (χ2n) is 5.93. The SMILES string of the molecule is Cc1cc(C)c(C(C)Nc2cccnc2N(C)C)cc1C. The fourth-order valence-corrected chi connectivity index (χ4v) is 2.63. The molecule has 3 heteroatoms. The molecule has 1 aromatic heterocycles. The molecular formula is C18H25N3. The van der Waals surface area contributed by atoms with Crippen LogP contribution in [-0.4, -0.2) is 19.1 Å². The summed E-state index contributed by atoms with van der Waals surface area (Å²) in [5.41, 5.74) is 6.41. The van der Waals surface area contributed by atoms with Crippen LogP contribution < -0.4 is 10.2 Å². The summed E-state index contributed by atoms with van der Waals surface area (Å²) in [6.45, 7) is 8.70. The van der Waals surface area contributed by atoms with E-state index in [9.17, 15) is 0 Å². The first-order valence-corrected chi connectivity index (χ1v) is 7.36. The van der Waals surface area contributed by atoms with Gasteiger partial charge >= 0.3 is 0 Å². The van der Waals surface area contributed by atoms with Crippen molar-refractivity contribution < 1.29 is 0 Å². The van der Waals surface area contributed by atoms with Gasteiger partial charge in [-0.25, -0.2) is 4.98 Å². The summed E-state index contributed by atoms with van der Waals surface area (Å²) in [5.74, 6) is 0.964. The molecule has 0 radical (unpaired) electrons. The number of benzene rings is 1. The first-order chi connectivity index (χ1) is 9.90. The lowest BCUT2D eigenvalue weighted by molar-refractivity contribution is 0.866. The molecule has 0 aliphatic heterocycles. The molecule has 1 unspecified atom stereocenters. The van der Waals surface area contributed by atoms with E-state index in [1.165, 1.54) is 22.3 Å². The van der Waals surface area contributed by atoms with Crippen molar-refractivity contribution >= 4 is 11.5 Å². The van der Waals surface area contributed by atoms with Gasteiger partial charge in [-0.1, -0.05) is 12.1 Å². The Morgan fingerprint density at radius 3 is 2.38 bits per heavy atom. The summed E-state index contributed by atoms with van der Waals surface area (Å²) >= 11 is 0. The Bertz CT molecular complexity index is 632. The summed E-state index contributed by atoms with van der Waals surface area (Å²) in [7, 11) is 4.03. The predicted octanol–water partition coefficient (Wildman–Crippen LogP) is 4.25. The van der Waals surface area contributed by atoms with Gasteiger partial charge in [-0.2, -0.15) is 0 Å². The number of nitrogens with zero attached hydrogens (tertiary/aromatic N) is 2. The number of hydrogen-bond donors (Lipinski definition) is 1. The zero-order chi connectivity index (χ0) is 15.6. The summed E-state index contributed by atoms with van der Waals surface area (Å²) in [4.78, 5) is 6.47. The lowest BCUT2D eigenvalue weighted by Crippen LogP contribution is -2.16. The van der Waals surface area contributed by atoms with Crippen LogP contribution in [0.4, 0.5) is 11.5 Å². The minimum atomic E-state index is 0.243. The molecule has 0 aliphatic carbocycles. The van der Waals surface area contributed by atoms with Crippen LogP contribution >= 0.6 is 0 Å². The standard InChI is InChI=1S/C18H25N3/c1-12-10-14(3)16(11-13(12)2)15(4)20-17-8-7-9-19-18(17)21(5)6/h7-11,15,20H,1-6H3. The lowest BCUT2D eigenvalue weighted by Gasteiger charge is -2.23. The Kier molecular flexibility index (Phi) is 4.51. The van der Waals surface area contributed by atoms with Crippen LogP contribution in [0.1, 0.15) is 35.2 Å². The van der Waals surface area contributed by atoms with Gasteiger partial charge in [0, 0.05) is 26.3 Å². The molecule has 0 fully saturated rings. The number of nitrogens with one attached hydrogen (secondary N) is 1. The molecule has 112 valence electrons. The van der Waals surface area contributed by atoms with Gasteiger partial charge in [0.05, 0.1) is 5.69 Å². The van der Waals surface area contributed by atoms with Crippen molar-refractivity contribution in [2.75, 3.05) is 24.3 Å². The molecule has 1 heterocycles. The van der Waals surface area contributed by atoms with Gasteiger partial charge in [-0.15, -0.1) is 0 Å². The third-order valence-corrected chi connectivity index (χ3v) is 3.93. The molecule has 0 spiro atoms. The summed E-state index contributed by atoms with van der Waals surface area (Å²) in [6.07, 6.45) is 1.83.